The lowest BCUT2D eigenvalue weighted by Crippen LogP contribution is -2.39. The van der Waals surface area contributed by atoms with Crippen LogP contribution in [-0.2, 0) is 11.3 Å². The number of nitrogens with one attached hydrogen (secondary N) is 1. The molecule has 4 nitrogen and oxygen atoms in total. The van der Waals surface area contributed by atoms with Gasteiger partial charge in [0.1, 0.15) is 5.82 Å². The highest BCUT2D eigenvalue weighted by molar-refractivity contribution is 6.31. The average Bonchev–Trinajstić information content (AvgIpc) is 2.44. The summed E-state index contributed by atoms with van der Waals surface area (Å²) in [5.41, 5.74) is 0.773. The van der Waals surface area contributed by atoms with E-state index in [0.717, 1.165) is 43.9 Å². The number of carbonyl (C=O) groups excluding carboxylic acids is 1. The second-order valence-corrected chi connectivity index (χ2v) is 5.76. The first kappa shape index (κ1) is 15.1. The van der Waals surface area contributed by atoms with Gasteiger partial charge in [0.2, 0.25) is 5.91 Å². The monoisotopic (exact) mass is 295 g/mol. The number of anilines is 1. The van der Waals surface area contributed by atoms with Crippen molar-refractivity contribution in [3.05, 3.63) is 22.8 Å². The van der Waals surface area contributed by atoms with Crippen LogP contribution in [0.4, 0.5) is 5.82 Å². The van der Waals surface area contributed by atoms with Crippen LogP contribution >= 0.6 is 11.6 Å². The number of carbonyl (C=O) groups is 1. The fraction of sp³-hybridized carbons (Fsp3) is 0.600. The minimum atomic E-state index is 0.115. The third kappa shape index (κ3) is 3.63. The number of halogens is 1. The Bertz CT molecular complexity index is 478. The summed E-state index contributed by atoms with van der Waals surface area (Å²) in [6.07, 6.45) is 3.08. The molecule has 1 aliphatic heterocycles. The maximum Gasteiger partial charge on any atom is 0.225 e. The van der Waals surface area contributed by atoms with Gasteiger partial charge in [-0.1, -0.05) is 25.4 Å². The van der Waals surface area contributed by atoms with Crippen molar-refractivity contribution in [2.75, 3.05) is 18.4 Å². The highest BCUT2D eigenvalue weighted by atomic mass is 35.5. The molecule has 1 N–H and O–H groups in total. The van der Waals surface area contributed by atoms with Crippen molar-refractivity contribution in [1.82, 2.24) is 9.88 Å². The molecule has 1 aromatic heterocycles. The second-order valence-electron chi connectivity index (χ2n) is 5.35. The number of piperidine rings is 1. The number of nitrogens with zero attached hydrogens (tertiary/aromatic N) is 2. The van der Waals surface area contributed by atoms with E-state index in [0.29, 0.717) is 11.6 Å². The molecule has 1 aromatic rings. The summed E-state index contributed by atoms with van der Waals surface area (Å²) in [5.74, 6) is 1.15. The molecule has 2 heterocycles. The summed E-state index contributed by atoms with van der Waals surface area (Å²) < 4.78 is 0. The van der Waals surface area contributed by atoms with Gasteiger partial charge in [-0.2, -0.15) is 0 Å². The molecule has 0 aliphatic carbocycles. The summed E-state index contributed by atoms with van der Waals surface area (Å²) >= 11 is 6.21. The Morgan fingerprint density at radius 2 is 2.30 bits per heavy atom. The quantitative estimate of drug-likeness (QED) is 0.906. The molecule has 1 saturated heterocycles. The molecule has 0 bridgehead atoms. The zero-order valence-electron chi connectivity index (χ0n) is 12.2. The fourth-order valence-electron chi connectivity index (χ4n) is 2.42. The minimum Gasteiger partial charge on any atom is -0.370 e. The van der Waals surface area contributed by atoms with Crippen molar-refractivity contribution in [3.63, 3.8) is 0 Å². The van der Waals surface area contributed by atoms with Crippen LogP contribution in [0.1, 0.15) is 38.8 Å². The number of amides is 1. The number of pyridine rings is 1. The number of hydrogen-bond donors (Lipinski definition) is 1. The third-order valence-corrected chi connectivity index (χ3v) is 3.96. The van der Waals surface area contributed by atoms with E-state index in [1.165, 1.54) is 0 Å². The smallest absolute Gasteiger partial charge is 0.225 e. The van der Waals surface area contributed by atoms with Gasteiger partial charge in [0.25, 0.3) is 0 Å². The van der Waals surface area contributed by atoms with E-state index < -0.39 is 0 Å². The van der Waals surface area contributed by atoms with Crippen molar-refractivity contribution in [3.8, 4) is 0 Å². The van der Waals surface area contributed by atoms with Crippen molar-refractivity contribution < 1.29 is 4.79 Å². The minimum absolute atomic E-state index is 0.115. The molecule has 0 spiro atoms. The van der Waals surface area contributed by atoms with Gasteiger partial charge < -0.3 is 10.2 Å². The van der Waals surface area contributed by atoms with Crippen molar-refractivity contribution in [2.24, 2.45) is 5.92 Å². The fourth-order valence-corrected chi connectivity index (χ4v) is 2.58. The largest absolute Gasteiger partial charge is 0.370 e. The Labute approximate surface area is 125 Å². The van der Waals surface area contributed by atoms with E-state index in [1.807, 2.05) is 24.0 Å². The van der Waals surface area contributed by atoms with Crippen LogP contribution in [0.15, 0.2) is 12.1 Å². The molecule has 1 atom stereocenters. The van der Waals surface area contributed by atoms with Crippen LogP contribution < -0.4 is 5.32 Å². The average molecular weight is 296 g/mol. The Morgan fingerprint density at radius 3 is 3.05 bits per heavy atom. The molecule has 0 saturated carbocycles. The van der Waals surface area contributed by atoms with Crippen LogP contribution in [0, 0.1) is 5.92 Å². The molecule has 20 heavy (non-hydrogen) atoms. The van der Waals surface area contributed by atoms with E-state index in [9.17, 15) is 4.79 Å². The zero-order chi connectivity index (χ0) is 14.5. The number of likely N-dealkylation sites (tertiary alicyclic amines) is 1. The molecule has 1 amide bonds. The van der Waals surface area contributed by atoms with Crippen LogP contribution in [0.25, 0.3) is 0 Å². The van der Waals surface area contributed by atoms with Crippen LogP contribution in [0.3, 0.4) is 0 Å². The highest BCUT2D eigenvalue weighted by Gasteiger charge is 2.25. The molecule has 5 heteroatoms. The number of aromatic nitrogens is 1. The lowest BCUT2D eigenvalue weighted by atomic mass is 9.99. The summed E-state index contributed by atoms with van der Waals surface area (Å²) in [6, 6.07) is 3.72. The van der Waals surface area contributed by atoms with Gasteiger partial charge in [0, 0.05) is 19.0 Å². The first-order valence-corrected chi connectivity index (χ1v) is 7.67. The van der Waals surface area contributed by atoms with Gasteiger partial charge in [-0.3, -0.25) is 4.79 Å². The maximum atomic E-state index is 12.1. The first-order chi connectivity index (χ1) is 9.61. The van der Waals surface area contributed by atoms with Gasteiger partial charge in [-0.15, -0.1) is 0 Å². The maximum absolute atomic E-state index is 12.1. The van der Waals surface area contributed by atoms with Gasteiger partial charge in [-0.25, -0.2) is 4.98 Å². The lowest BCUT2D eigenvalue weighted by molar-refractivity contribution is -0.138. The molecule has 0 radical (unpaired) electrons. The molecule has 0 aromatic carbocycles. The van der Waals surface area contributed by atoms with Crippen LogP contribution in [0.2, 0.25) is 5.02 Å². The van der Waals surface area contributed by atoms with E-state index in [2.05, 4.69) is 17.2 Å². The van der Waals surface area contributed by atoms with E-state index in [-0.39, 0.29) is 11.8 Å². The molecule has 1 unspecified atom stereocenters. The topological polar surface area (TPSA) is 45.2 Å². The molecule has 110 valence electrons. The van der Waals surface area contributed by atoms with Crippen molar-refractivity contribution in [1.29, 1.82) is 0 Å². The predicted octanol–water partition coefficient (Wildman–Crippen LogP) is 3.32. The Balaban J connectivity index is 2.09. The Morgan fingerprint density at radius 1 is 1.50 bits per heavy atom. The summed E-state index contributed by atoms with van der Waals surface area (Å²) in [4.78, 5) is 18.5. The summed E-state index contributed by atoms with van der Waals surface area (Å²) in [6.45, 7) is 6.28. The molecular formula is C15H22ClN3O. The second kappa shape index (κ2) is 6.93. The van der Waals surface area contributed by atoms with Crippen LogP contribution in [0.5, 0.6) is 0 Å². The summed E-state index contributed by atoms with van der Waals surface area (Å²) in [5, 5.41) is 3.87. The number of rotatable bonds is 5. The normalized spacial score (nSPS) is 19.2. The molecule has 2 rings (SSSR count). The van der Waals surface area contributed by atoms with E-state index >= 15 is 0 Å². The van der Waals surface area contributed by atoms with Crippen molar-refractivity contribution in [2.45, 2.75) is 39.7 Å². The SMILES string of the molecule is CCCNc1ccc(Cl)c(CN2CCCC(C)C2=O)n1. The Hall–Kier alpha value is -1.29. The van der Waals surface area contributed by atoms with Crippen molar-refractivity contribution >= 4 is 23.3 Å². The molecular weight excluding hydrogens is 274 g/mol. The molecule has 1 fully saturated rings. The highest BCUT2D eigenvalue weighted by Crippen LogP contribution is 2.23. The van der Waals surface area contributed by atoms with E-state index in [4.69, 9.17) is 11.6 Å². The molecule has 1 aliphatic rings. The zero-order valence-corrected chi connectivity index (χ0v) is 12.9. The van der Waals surface area contributed by atoms with Crippen LogP contribution in [-0.4, -0.2) is 28.9 Å². The van der Waals surface area contributed by atoms with E-state index in [1.54, 1.807) is 0 Å². The standard InChI is InChI=1S/C15H22ClN3O/c1-3-8-17-14-7-6-12(16)13(18-14)10-19-9-4-5-11(2)15(19)20/h6-7,11H,3-5,8-10H2,1-2H3,(H,17,18). The summed E-state index contributed by atoms with van der Waals surface area (Å²) in [7, 11) is 0. The van der Waals surface area contributed by atoms with Gasteiger partial charge in [0.15, 0.2) is 0 Å². The van der Waals surface area contributed by atoms with Gasteiger partial charge in [0.05, 0.1) is 17.3 Å². The van der Waals surface area contributed by atoms with Gasteiger partial charge in [-0.05, 0) is 31.4 Å². The lowest BCUT2D eigenvalue weighted by Gasteiger charge is -2.30. The Kier molecular flexibility index (Phi) is 5.24. The third-order valence-electron chi connectivity index (χ3n) is 3.61. The predicted molar refractivity (Wildman–Crippen MR) is 81.8 cm³/mol. The van der Waals surface area contributed by atoms with Gasteiger partial charge >= 0.3 is 0 Å². The number of hydrogen-bond acceptors (Lipinski definition) is 3. The first-order valence-electron chi connectivity index (χ1n) is 7.30.